The highest BCUT2D eigenvalue weighted by Gasteiger charge is 2.51. The maximum atomic E-state index is 16.5. The van der Waals surface area contributed by atoms with E-state index in [1.165, 1.54) is 33.8 Å². The Morgan fingerprint density at radius 2 is 1.66 bits per heavy atom. The van der Waals surface area contributed by atoms with Crippen LogP contribution in [0.25, 0.3) is 22.0 Å². The lowest BCUT2D eigenvalue weighted by atomic mass is 9.75. The third-order valence-electron chi connectivity index (χ3n) is 16.8. The lowest BCUT2D eigenvalue weighted by Crippen LogP contribution is -2.51. The van der Waals surface area contributed by atoms with Gasteiger partial charge in [-0.3, -0.25) is 29.3 Å². The van der Waals surface area contributed by atoms with Crippen LogP contribution in [0.15, 0.2) is 54.6 Å². The number of amides is 5. The molecule has 5 aliphatic rings. The number of benzene rings is 4. The highest BCUT2D eigenvalue weighted by Crippen LogP contribution is 2.57. The first-order valence-electron chi connectivity index (χ1n) is 26.3. The number of hydrogen-bond donors (Lipinski definition) is 4. The molecule has 15 nitrogen and oxygen atoms in total. The molecule has 5 amide bonds. The lowest BCUT2D eigenvalue weighted by molar-refractivity contribution is -0.138. The van der Waals surface area contributed by atoms with Gasteiger partial charge in [-0.05, 0) is 99.6 Å². The average molecular weight is 1070 g/mol. The van der Waals surface area contributed by atoms with Gasteiger partial charge >= 0.3 is 6.03 Å². The summed E-state index contributed by atoms with van der Waals surface area (Å²) in [5, 5.41) is 19.5. The van der Waals surface area contributed by atoms with Crippen molar-refractivity contribution in [2.45, 2.75) is 88.7 Å². The summed E-state index contributed by atoms with van der Waals surface area (Å²) in [6.07, 6.45) is 5.04. The van der Waals surface area contributed by atoms with Crippen molar-refractivity contribution in [3.8, 4) is 22.6 Å². The number of fused-ring (bicyclic) bond motifs is 2. The molecule has 0 bridgehead atoms. The molecular weight excluding hydrogens is 1010 g/mol. The number of nitrogens with zero attached hydrogens (tertiary/aromatic N) is 5. The summed E-state index contributed by atoms with van der Waals surface area (Å²) < 4.78 is 78.2. The predicted molar refractivity (Wildman–Crippen MR) is 277 cm³/mol. The fourth-order valence-electron chi connectivity index (χ4n) is 12.8. The van der Waals surface area contributed by atoms with Crippen molar-refractivity contribution in [3.63, 3.8) is 0 Å². The van der Waals surface area contributed by atoms with E-state index >= 15 is 17.6 Å². The maximum Gasteiger partial charge on any atom is 0.329 e. The van der Waals surface area contributed by atoms with E-state index in [0.29, 0.717) is 63.3 Å². The van der Waals surface area contributed by atoms with E-state index < -0.39 is 64.3 Å². The Bertz CT molecular complexity index is 3080. The molecule has 5 atom stereocenters. The molecule has 1 aromatic heterocycles. The first kappa shape index (κ1) is 53.1. The first-order chi connectivity index (χ1) is 36.5. The van der Waals surface area contributed by atoms with E-state index in [4.69, 9.17) is 26.8 Å². The van der Waals surface area contributed by atoms with Crippen LogP contribution in [0.1, 0.15) is 104 Å². The number of carbonyl (C=O) groups is 4. The molecule has 4 fully saturated rings. The third kappa shape index (κ3) is 9.76. The largest absolute Gasteiger partial charge is 0.488 e. The number of piperidine rings is 2. The Hall–Kier alpha value is -6.28. The molecule has 4 aliphatic heterocycles. The Labute approximate surface area is 443 Å². The molecule has 76 heavy (non-hydrogen) atoms. The normalized spacial score (nSPS) is 23.7. The zero-order valence-electron chi connectivity index (χ0n) is 42.8. The summed E-state index contributed by atoms with van der Waals surface area (Å²) in [5.74, 6) is -5.01. The smallest absolute Gasteiger partial charge is 0.329 e. The maximum absolute atomic E-state index is 16.5. The fourth-order valence-corrected chi connectivity index (χ4v) is 13.0. The lowest BCUT2D eigenvalue weighted by Gasteiger charge is -2.41. The van der Waals surface area contributed by atoms with Crippen molar-refractivity contribution < 1.29 is 51.3 Å². The number of carbonyl (C=O) groups excluding carboxylic acids is 4. The molecule has 1 saturated carbocycles. The van der Waals surface area contributed by atoms with Gasteiger partial charge in [-0.2, -0.15) is 5.10 Å². The number of aryl methyl sites for hydroxylation is 1. The van der Waals surface area contributed by atoms with E-state index in [0.717, 1.165) is 31.4 Å². The van der Waals surface area contributed by atoms with E-state index in [1.807, 2.05) is 42.2 Å². The van der Waals surface area contributed by atoms with Crippen LogP contribution in [0.5, 0.6) is 11.5 Å². The monoisotopic (exact) mass is 1070 g/mol. The van der Waals surface area contributed by atoms with Crippen molar-refractivity contribution in [1.29, 1.82) is 0 Å². The number of nitrogens with one attached hydrogen (secondary N) is 2. The van der Waals surface area contributed by atoms with Crippen LogP contribution in [0, 0.1) is 41.0 Å². The number of ether oxygens (including phenoxy) is 2. The molecule has 20 heteroatoms. The molecule has 10 rings (SSSR count). The highest BCUT2D eigenvalue weighted by molar-refractivity contribution is 6.34. The number of aromatic nitrogens is 2. The minimum absolute atomic E-state index is 0.000155. The number of anilines is 1. The van der Waals surface area contributed by atoms with Gasteiger partial charge in [0.15, 0.2) is 28.8 Å². The number of hydrogen-bond acceptors (Lipinski definition) is 10. The van der Waals surface area contributed by atoms with Gasteiger partial charge in [0.25, 0.3) is 0 Å². The zero-order valence-corrected chi connectivity index (χ0v) is 43.5. The summed E-state index contributed by atoms with van der Waals surface area (Å²) in [4.78, 5) is 56.8. The van der Waals surface area contributed by atoms with Crippen LogP contribution in [-0.2, 0) is 22.2 Å². The van der Waals surface area contributed by atoms with Gasteiger partial charge in [-0.25, -0.2) is 22.4 Å². The van der Waals surface area contributed by atoms with Crippen LogP contribution >= 0.6 is 11.6 Å². The molecule has 0 unspecified atom stereocenters. The number of rotatable bonds is 14. The summed E-state index contributed by atoms with van der Waals surface area (Å²) in [6, 6.07) is 13.8. The third-order valence-corrected chi connectivity index (χ3v) is 17.2. The van der Waals surface area contributed by atoms with Gasteiger partial charge in [-0.1, -0.05) is 55.8 Å². The molecule has 5 aromatic rings. The Balaban J connectivity index is 0.751. The van der Waals surface area contributed by atoms with Crippen molar-refractivity contribution >= 4 is 52.1 Å². The zero-order chi connectivity index (χ0) is 53.7. The van der Waals surface area contributed by atoms with Gasteiger partial charge in [0, 0.05) is 92.4 Å². The molecule has 0 radical (unpaired) electrons. The SMILES string of the molecule is C[C@H]1C[C@@H](C(=O)N2CCC(CN3CCC(c4c(F)cc5c(N6CCC(=O)NC6=O)nn(C)c5c4F)CC3)CC2)CC[C@@H]1NC[C@]1(c2ccccc2)Oc2cc(F)c(Cl)c(-c3c(C(N)=O)ccc(OCCO)c3F)c2[C@@H]1C. The fraction of sp³-hybridized carbons (Fsp3) is 0.482. The number of primary amides is 1. The van der Waals surface area contributed by atoms with Crippen LogP contribution in [0.4, 0.5) is 28.2 Å². The second kappa shape index (κ2) is 21.6. The molecule has 5 heterocycles. The summed E-state index contributed by atoms with van der Waals surface area (Å²) in [6.45, 7) is 7.27. The van der Waals surface area contributed by atoms with Gasteiger partial charge < -0.3 is 35.4 Å². The Morgan fingerprint density at radius 3 is 2.34 bits per heavy atom. The quantitative estimate of drug-likeness (QED) is 0.0790. The number of aliphatic hydroxyl groups is 1. The number of urea groups is 1. The van der Waals surface area contributed by atoms with Crippen LogP contribution < -0.4 is 30.7 Å². The predicted octanol–water partition coefficient (Wildman–Crippen LogP) is 8.27. The average Bonchev–Trinajstić information content (AvgIpc) is 3.88. The second-order valence-electron chi connectivity index (χ2n) is 21.3. The molecular formula is C56H63ClF4N8O7. The van der Waals surface area contributed by atoms with Crippen molar-refractivity contribution in [1.82, 2.24) is 30.2 Å². The molecule has 0 spiro atoms. The van der Waals surface area contributed by atoms with Crippen LogP contribution in [0.2, 0.25) is 5.02 Å². The molecule has 4 aromatic carbocycles. The standard InChI is InChI=1S/C56H63ClF4N8O7/c1-30-25-34(54(73)68-20-13-32(14-21-68)28-67-18-15-33(16-19-67)45-38(58)26-37-51(50(45)61)66(3)65-53(37)69-22-17-43(71)64-55(69)74)9-11-40(30)63-29-56(35-7-5-4-6-8-35)31(2)44-42(76-56)27-39(59)48(57)47(44)46-36(52(62)72)10-12-41(49(46)60)75-24-23-70/h4-8,10,12,26-27,30-34,40,63,70H,9,11,13-25,28-29H2,1-3H3,(H2,62,72)(H,64,71,74)/t30-,31-,34-,40-,56-/m0/s1. The van der Waals surface area contributed by atoms with Gasteiger partial charge in [0.2, 0.25) is 17.7 Å². The van der Waals surface area contributed by atoms with E-state index in [-0.39, 0.29) is 106 Å². The first-order valence-corrected chi connectivity index (χ1v) is 26.7. The van der Waals surface area contributed by atoms with E-state index in [2.05, 4.69) is 27.6 Å². The van der Waals surface area contributed by atoms with Crippen LogP contribution in [-0.4, -0.2) is 114 Å². The Kier molecular flexibility index (Phi) is 15.1. The van der Waals surface area contributed by atoms with Gasteiger partial charge in [-0.15, -0.1) is 0 Å². The number of likely N-dealkylation sites (tertiary alicyclic amines) is 2. The number of halogens is 5. The number of imide groups is 1. The van der Waals surface area contributed by atoms with Crippen molar-refractivity contribution in [2.75, 3.05) is 63.9 Å². The van der Waals surface area contributed by atoms with Crippen molar-refractivity contribution in [2.24, 2.45) is 30.5 Å². The second-order valence-corrected chi connectivity index (χ2v) is 21.7. The van der Waals surface area contributed by atoms with Crippen molar-refractivity contribution in [3.05, 3.63) is 105 Å². The topological polar surface area (TPSA) is 185 Å². The van der Waals surface area contributed by atoms with E-state index in [9.17, 15) is 24.3 Å². The molecule has 3 saturated heterocycles. The molecule has 1 aliphatic carbocycles. The number of aliphatic hydroxyl groups excluding tert-OH is 1. The minimum atomic E-state index is -1.15. The van der Waals surface area contributed by atoms with Gasteiger partial charge in [0.1, 0.15) is 29.5 Å². The summed E-state index contributed by atoms with van der Waals surface area (Å²) in [5.41, 5.74) is 5.31. The van der Waals surface area contributed by atoms with E-state index in [1.54, 1.807) is 7.05 Å². The van der Waals surface area contributed by atoms with Gasteiger partial charge in [0.05, 0.1) is 22.6 Å². The highest BCUT2D eigenvalue weighted by atomic mass is 35.5. The molecule has 404 valence electrons. The molecule has 5 N–H and O–H groups in total. The minimum Gasteiger partial charge on any atom is -0.488 e. The number of nitrogens with two attached hydrogens (primary N) is 1. The van der Waals surface area contributed by atoms with Crippen LogP contribution in [0.3, 0.4) is 0 Å². The Morgan fingerprint density at radius 1 is 0.921 bits per heavy atom. The summed E-state index contributed by atoms with van der Waals surface area (Å²) >= 11 is 6.74. The summed E-state index contributed by atoms with van der Waals surface area (Å²) in [7, 11) is 1.56.